The molecule has 0 saturated heterocycles. The fourth-order valence-electron chi connectivity index (χ4n) is 2.80. The zero-order valence-corrected chi connectivity index (χ0v) is 16.2. The van der Waals surface area contributed by atoms with Gasteiger partial charge in [0.1, 0.15) is 5.58 Å². The lowest BCUT2D eigenvalue weighted by atomic mass is 10.1. The summed E-state index contributed by atoms with van der Waals surface area (Å²) in [5, 5.41) is 14.1. The summed E-state index contributed by atoms with van der Waals surface area (Å²) >= 11 is 7.70. The van der Waals surface area contributed by atoms with Gasteiger partial charge in [-0.05, 0) is 65.2 Å². The summed E-state index contributed by atoms with van der Waals surface area (Å²) < 4.78 is 7.00. The summed E-state index contributed by atoms with van der Waals surface area (Å²) in [5.41, 5.74) is 3.83. The highest BCUT2D eigenvalue weighted by Crippen LogP contribution is 2.29. The van der Waals surface area contributed by atoms with Crippen molar-refractivity contribution < 1.29 is 4.42 Å². The van der Waals surface area contributed by atoms with E-state index < -0.39 is 5.63 Å². The average Bonchev–Trinajstić information content (AvgIpc) is 3.10. The molecule has 0 aliphatic carbocycles. The molecule has 0 bridgehead atoms. The maximum absolute atomic E-state index is 11.9. The fourth-order valence-corrected chi connectivity index (χ4v) is 3.85. The van der Waals surface area contributed by atoms with Gasteiger partial charge in [0.15, 0.2) is 0 Å². The van der Waals surface area contributed by atoms with E-state index in [1.165, 1.54) is 17.8 Å². The van der Waals surface area contributed by atoms with Gasteiger partial charge in [-0.15, -0.1) is 5.10 Å². The van der Waals surface area contributed by atoms with Crippen molar-refractivity contribution in [1.82, 2.24) is 20.2 Å². The van der Waals surface area contributed by atoms with E-state index in [2.05, 4.69) is 15.5 Å². The van der Waals surface area contributed by atoms with Crippen molar-refractivity contribution >= 4 is 34.3 Å². The zero-order valence-electron chi connectivity index (χ0n) is 14.6. The van der Waals surface area contributed by atoms with Gasteiger partial charge in [-0.1, -0.05) is 35.5 Å². The molecule has 2 aromatic heterocycles. The Morgan fingerprint density at radius 1 is 1.19 bits per heavy atom. The Bertz CT molecular complexity index is 1200. The first-order chi connectivity index (χ1) is 13.0. The van der Waals surface area contributed by atoms with Gasteiger partial charge in [0.25, 0.3) is 0 Å². The molecule has 2 heterocycles. The lowest BCUT2D eigenvalue weighted by Crippen LogP contribution is -2.02. The average molecular weight is 399 g/mol. The molecule has 0 N–H and O–H groups in total. The lowest BCUT2D eigenvalue weighted by molar-refractivity contribution is 0.559. The van der Waals surface area contributed by atoms with Gasteiger partial charge in [0.05, 0.1) is 5.69 Å². The highest BCUT2D eigenvalue weighted by atomic mass is 35.5. The molecule has 0 amide bonds. The van der Waals surface area contributed by atoms with Gasteiger partial charge in [-0.3, -0.25) is 0 Å². The first-order valence-corrected chi connectivity index (χ1v) is 9.59. The van der Waals surface area contributed by atoms with Crippen LogP contribution in [0.2, 0.25) is 5.02 Å². The molecule has 4 aromatic rings. The van der Waals surface area contributed by atoms with Crippen LogP contribution in [0.1, 0.15) is 16.7 Å². The van der Waals surface area contributed by atoms with Crippen LogP contribution in [0, 0.1) is 13.8 Å². The van der Waals surface area contributed by atoms with Crippen LogP contribution in [0.25, 0.3) is 16.7 Å². The third-order valence-corrected chi connectivity index (χ3v) is 5.53. The summed E-state index contributed by atoms with van der Waals surface area (Å²) in [7, 11) is 0. The van der Waals surface area contributed by atoms with E-state index in [9.17, 15) is 4.79 Å². The van der Waals surface area contributed by atoms with Crippen molar-refractivity contribution in [2.45, 2.75) is 24.8 Å². The lowest BCUT2D eigenvalue weighted by Gasteiger charge is -2.08. The van der Waals surface area contributed by atoms with Gasteiger partial charge in [0, 0.05) is 22.2 Å². The van der Waals surface area contributed by atoms with Crippen LogP contribution >= 0.6 is 23.4 Å². The molecule has 0 radical (unpaired) electrons. The molecule has 0 saturated carbocycles. The fraction of sp³-hybridized carbons (Fsp3) is 0.158. The number of benzene rings is 2. The molecule has 27 heavy (non-hydrogen) atoms. The van der Waals surface area contributed by atoms with Crippen LogP contribution in [-0.4, -0.2) is 20.2 Å². The van der Waals surface area contributed by atoms with E-state index in [1.54, 1.807) is 10.7 Å². The second-order valence-electron chi connectivity index (χ2n) is 6.19. The van der Waals surface area contributed by atoms with Crippen LogP contribution in [0.5, 0.6) is 0 Å². The highest BCUT2D eigenvalue weighted by molar-refractivity contribution is 7.98. The maximum atomic E-state index is 11.9. The molecule has 8 heteroatoms. The van der Waals surface area contributed by atoms with Gasteiger partial charge in [-0.25, -0.2) is 4.79 Å². The minimum Gasteiger partial charge on any atom is -0.423 e. The molecule has 0 spiro atoms. The molecule has 0 aliphatic heterocycles. The Balaban J connectivity index is 1.68. The van der Waals surface area contributed by atoms with Crippen molar-refractivity contribution in [3.63, 3.8) is 0 Å². The first kappa shape index (κ1) is 17.8. The quantitative estimate of drug-likeness (QED) is 0.376. The van der Waals surface area contributed by atoms with Crippen LogP contribution in [0.3, 0.4) is 0 Å². The highest BCUT2D eigenvalue weighted by Gasteiger charge is 2.13. The second-order valence-corrected chi connectivity index (χ2v) is 7.54. The molecule has 0 atom stereocenters. The Kier molecular flexibility index (Phi) is 4.72. The molecule has 0 aliphatic rings. The first-order valence-electron chi connectivity index (χ1n) is 8.22. The Labute approximate surface area is 164 Å². The van der Waals surface area contributed by atoms with E-state index in [0.29, 0.717) is 21.5 Å². The van der Waals surface area contributed by atoms with Crippen molar-refractivity contribution in [2.75, 3.05) is 0 Å². The van der Waals surface area contributed by atoms with Gasteiger partial charge in [0.2, 0.25) is 5.16 Å². The molecule has 2 aromatic carbocycles. The van der Waals surface area contributed by atoms with Crippen molar-refractivity contribution in [1.29, 1.82) is 0 Å². The number of aromatic nitrogens is 4. The SMILES string of the molecule is Cc1cccc(-n2nnnc2SCc2cc(=O)oc3cc(C)c(Cl)cc23)c1. The number of nitrogens with zero attached hydrogens (tertiary/aromatic N) is 4. The summed E-state index contributed by atoms with van der Waals surface area (Å²) in [6.07, 6.45) is 0. The Morgan fingerprint density at radius 2 is 2.04 bits per heavy atom. The van der Waals surface area contributed by atoms with Gasteiger partial charge >= 0.3 is 5.63 Å². The minimum atomic E-state index is -0.391. The standard InChI is InChI=1S/C19H15ClN4O2S/c1-11-4-3-5-14(6-11)24-19(21-22-23-24)27-10-13-8-18(25)26-17-7-12(2)16(20)9-15(13)17/h3-9H,10H2,1-2H3. The maximum Gasteiger partial charge on any atom is 0.336 e. The number of rotatable bonds is 4. The predicted molar refractivity (Wildman–Crippen MR) is 106 cm³/mol. The number of hydrogen-bond acceptors (Lipinski definition) is 6. The molecule has 0 unspecified atom stereocenters. The van der Waals surface area contributed by atoms with Gasteiger partial charge < -0.3 is 4.42 Å². The van der Waals surface area contributed by atoms with E-state index >= 15 is 0 Å². The predicted octanol–water partition coefficient (Wildman–Crippen LogP) is 4.33. The largest absolute Gasteiger partial charge is 0.423 e. The third kappa shape index (κ3) is 3.61. The summed E-state index contributed by atoms with van der Waals surface area (Å²) in [6, 6.07) is 13.0. The van der Waals surface area contributed by atoms with E-state index in [-0.39, 0.29) is 0 Å². The molecule has 4 rings (SSSR count). The second kappa shape index (κ2) is 7.17. The van der Waals surface area contributed by atoms with Crippen molar-refractivity contribution in [2.24, 2.45) is 0 Å². The van der Waals surface area contributed by atoms with Gasteiger partial charge in [-0.2, -0.15) is 4.68 Å². The zero-order chi connectivity index (χ0) is 19.0. The number of fused-ring (bicyclic) bond motifs is 1. The normalized spacial score (nSPS) is 11.2. The van der Waals surface area contributed by atoms with Crippen molar-refractivity contribution in [3.05, 3.63) is 74.6 Å². The molecule has 136 valence electrons. The third-order valence-electron chi connectivity index (χ3n) is 4.15. The molecule has 0 fully saturated rings. The van der Waals surface area contributed by atoms with Crippen LogP contribution in [0.15, 0.2) is 56.8 Å². The number of halogens is 1. The molecule has 6 nitrogen and oxygen atoms in total. The van der Waals surface area contributed by atoms with E-state index in [4.69, 9.17) is 16.0 Å². The monoisotopic (exact) mass is 398 g/mol. The van der Waals surface area contributed by atoms with E-state index in [0.717, 1.165) is 27.8 Å². The molecular weight excluding hydrogens is 384 g/mol. The summed E-state index contributed by atoms with van der Waals surface area (Å²) in [5.74, 6) is 0.508. The van der Waals surface area contributed by atoms with Crippen LogP contribution < -0.4 is 5.63 Å². The summed E-state index contributed by atoms with van der Waals surface area (Å²) in [6.45, 7) is 3.89. The number of aryl methyl sites for hydroxylation is 2. The van der Waals surface area contributed by atoms with E-state index in [1.807, 2.05) is 44.2 Å². The van der Waals surface area contributed by atoms with Crippen LogP contribution in [-0.2, 0) is 5.75 Å². The van der Waals surface area contributed by atoms with Crippen molar-refractivity contribution in [3.8, 4) is 5.69 Å². The molecular formula is C19H15ClN4O2S. The number of hydrogen-bond donors (Lipinski definition) is 0. The number of thioether (sulfide) groups is 1. The summed E-state index contributed by atoms with van der Waals surface area (Å²) in [4.78, 5) is 11.9. The van der Waals surface area contributed by atoms with Crippen LogP contribution in [0.4, 0.5) is 0 Å². The Hall–Kier alpha value is -2.64. The Morgan fingerprint density at radius 3 is 2.85 bits per heavy atom. The minimum absolute atomic E-state index is 0.391. The topological polar surface area (TPSA) is 73.8 Å². The number of tetrazole rings is 1. The smallest absolute Gasteiger partial charge is 0.336 e.